The molecule has 2 atom stereocenters. The molecule has 9 nitrogen and oxygen atoms in total. The fourth-order valence-corrected chi connectivity index (χ4v) is 5.26. The Balaban J connectivity index is 1.47. The van der Waals surface area contributed by atoms with Crippen LogP contribution >= 0.6 is 11.6 Å². The molecule has 0 fully saturated rings. The molecule has 0 aliphatic carbocycles. The van der Waals surface area contributed by atoms with Gasteiger partial charge in [0, 0.05) is 27.3 Å². The number of anilines is 2. The number of rotatable bonds is 3. The van der Waals surface area contributed by atoms with E-state index in [1.165, 1.54) is 30.6 Å². The van der Waals surface area contributed by atoms with Crippen LogP contribution in [-0.4, -0.2) is 44.8 Å². The molecule has 4 aromatic rings. The molecule has 2 aliphatic heterocycles. The van der Waals surface area contributed by atoms with Crippen molar-refractivity contribution in [3.8, 4) is 5.69 Å². The van der Waals surface area contributed by atoms with Crippen LogP contribution in [0.25, 0.3) is 5.69 Å². The summed E-state index contributed by atoms with van der Waals surface area (Å²) in [6.45, 7) is -1.26. The third-order valence-corrected chi connectivity index (χ3v) is 7.27. The zero-order chi connectivity index (χ0) is 29.3. The van der Waals surface area contributed by atoms with Gasteiger partial charge in [-0.25, -0.2) is 13.6 Å². The lowest BCUT2D eigenvalue weighted by Gasteiger charge is -2.27. The average Bonchev–Trinajstić information content (AvgIpc) is 3.63. The van der Waals surface area contributed by atoms with Gasteiger partial charge in [-0.1, -0.05) is 11.6 Å². The number of hydrogen-bond donors (Lipinski definition) is 3. The summed E-state index contributed by atoms with van der Waals surface area (Å²) in [5.74, 6) is -2.30. The van der Waals surface area contributed by atoms with Crippen LogP contribution in [0.15, 0.2) is 60.9 Å². The minimum absolute atomic E-state index is 0.0381. The van der Waals surface area contributed by atoms with Gasteiger partial charge in [0.1, 0.15) is 11.6 Å². The van der Waals surface area contributed by atoms with Gasteiger partial charge in [0.2, 0.25) is 5.60 Å². The number of nitrogens with zero attached hydrogens (tertiary/aromatic N) is 4. The standard InChI is InChI=1S/C26H16ClF5N6O3/c27-18-3-1-12(28)7-15(18)22-21-16(23(39)36-22)9-14(38-33-5-6-34-38)10-19(21)35-24(40)37-11-25(41,26(30,31)32)17-8-13(29)2-4-20(17)37/h1-10,22,41H,11H2,(H,35,40)(H,36,39)/t22-,25-/m0/s1. The summed E-state index contributed by atoms with van der Waals surface area (Å²) in [6, 6.07) is 6.43. The lowest BCUT2D eigenvalue weighted by molar-refractivity contribution is -0.258. The maximum atomic E-state index is 14.2. The normalized spacial score (nSPS) is 19.6. The molecule has 3 amide bonds. The van der Waals surface area contributed by atoms with Gasteiger partial charge in [0.05, 0.1) is 42.0 Å². The molecule has 41 heavy (non-hydrogen) atoms. The highest BCUT2D eigenvalue weighted by molar-refractivity contribution is 6.31. The van der Waals surface area contributed by atoms with Gasteiger partial charge in [-0.15, -0.1) is 0 Å². The molecular weight excluding hydrogens is 575 g/mol. The van der Waals surface area contributed by atoms with E-state index in [-0.39, 0.29) is 38.8 Å². The first-order valence-electron chi connectivity index (χ1n) is 11.9. The molecule has 3 aromatic carbocycles. The smallest absolute Gasteiger partial charge is 0.375 e. The Morgan fingerprint density at radius 1 is 1.07 bits per heavy atom. The monoisotopic (exact) mass is 590 g/mol. The van der Waals surface area contributed by atoms with Crippen LogP contribution < -0.4 is 15.5 Å². The van der Waals surface area contributed by atoms with Crippen LogP contribution in [0.2, 0.25) is 5.02 Å². The van der Waals surface area contributed by atoms with Crippen molar-refractivity contribution in [2.45, 2.75) is 17.8 Å². The highest BCUT2D eigenvalue weighted by atomic mass is 35.5. The van der Waals surface area contributed by atoms with Gasteiger partial charge >= 0.3 is 12.2 Å². The predicted molar refractivity (Wildman–Crippen MR) is 135 cm³/mol. The summed E-state index contributed by atoms with van der Waals surface area (Å²) in [4.78, 5) is 28.3. The Morgan fingerprint density at radius 3 is 2.46 bits per heavy atom. The van der Waals surface area contributed by atoms with E-state index in [1.807, 2.05) is 0 Å². The van der Waals surface area contributed by atoms with E-state index in [0.717, 1.165) is 29.1 Å². The van der Waals surface area contributed by atoms with E-state index >= 15 is 0 Å². The molecule has 2 aliphatic rings. The van der Waals surface area contributed by atoms with Gasteiger partial charge in [-0.05, 0) is 48.5 Å². The van der Waals surface area contributed by atoms with Gasteiger partial charge in [-0.3, -0.25) is 9.69 Å². The fraction of sp³-hybridized carbons (Fsp3) is 0.154. The van der Waals surface area contributed by atoms with Gasteiger partial charge in [-0.2, -0.15) is 28.2 Å². The number of aliphatic hydroxyl groups is 1. The van der Waals surface area contributed by atoms with Crippen LogP contribution in [0, 0.1) is 11.6 Å². The van der Waals surface area contributed by atoms with E-state index in [9.17, 15) is 36.6 Å². The second kappa shape index (κ2) is 9.24. The Hall–Kier alpha value is -4.56. The highest BCUT2D eigenvalue weighted by Gasteiger charge is 2.61. The SMILES string of the molecule is O=C1N[C@@H](c2cc(F)ccc2Cl)c2c(NC(=O)N3C[C@@](O)(C(F)(F)F)c4cc(F)ccc43)cc(-n3nccn3)cc21. The maximum Gasteiger partial charge on any atom is 0.423 e. The molecule has 0 saturated heterocycles. The zero-order valence-electron chi connectivity index (χ0n) is 20.4. The molecular formula is C26H16ClF5N6O3. The molecule has 0 spiro atoms. The summed E-state index contributed by atoms with van der Waals surface area (Å²) >= 11 is 6.31. The lowest BCUT2D eigenvalue weighted by Crippen LogP contribution is -2.48. The number of nitrogens with one attached hydrogen (secondary N) is 2. The number of β-amino-alcohol motifs (C(OH)–C–C–N with tert-alkyl or cyclic N) is 1. The van der Waals surface area contributed by atoms with Crippen molar-refractivity contribution < 1.29 is 36.6 Å². The molecule has 0 saturated carbocycles. The predicted octanol–water partition coefficient (Wildman–Crippen LogP) is 4.83. The molecule has 3 N–H and O–H groups in total. The van der Waals surface area contributed by atoms with Crippen LogP contribution in [0.1, 0.15) is 33.1 Å². The Labute approximate surface area is 232 Å². The third-order valence-electron chi connectivity index (χ3n) is 6.93. The number of amides is 3. The largest absolute Gasteiger partial charge is 0.423 e. The minimum atomic E-state index is -5.24. The first-order chi connectivity index (χ1) is 19.4. The first-order valence-corrected chi connectivity index (χ1v) is 12.2. The van der Waals surface area contributed by atoms with Crippen molar-refractivity contribution in [3.05, 3.63) is 99.8 Å². The van der Waals surface area contributed by atoms with E-state index in [2.05, 4.69) is 20.8 Å². The second-order valence-electron chi connectivity index (χ2n) is 9.38. The minimum Gasteiger partial charge on any atom is -0.375 e. The number of hydrogen-bond acceptors (Lipinski definition) is 5. The van der Waals surface area contributed by atoms with E-state index in [4.69, 9.17) is 11.6 Å². The van der Waals surface area contributed by atoms with E-state index in [1.54, 1.807) is 0 Å². The third kappa shape index (κ3) is 4.26. The number of carbonyl (C=O) groups excluding carboxylic acids is 2. The molecule has 15 heteroatoms. The average molecular weight is 591 g/mol. The summed E-state index contributed by atoms with van der Waals surface area (Å²) in [7, 11) is 0. The van der Waals surface area contributed by atoms with Crippen molar-refractivity contribution in [1.29, 1.82) is 0 Å². The number of alkyl halides is 3. The highest BCUT2D eigenvalue weighted by Crippen LogP contribution is 2.49. The molecule has 3 heterocycles. The second-order valence-corrected chi connectivity index (χ2v) is 9.79. The summed E-state index contributed by atoms with van der Waals surface area (Å²) in [5, 5.41) is 23.9. The quantitative estimate of drug-likeness (QED) is 0.296. The summed E-state index contributed by atoms with van der Waals surface area (Å²) in [6.07, 6.45) is -2.52. The lowest BCUT2D eigenvalue weighted by atomic mass is 9.95. The summed E-state index contributed by atoms with van der Waals surface area (Å²) < 4.78 is 69.9. The molecule has 210 valence electrons. The number of carbonyl (C=O) groups is 2. The van der Waals surface area contributed by atoms with E-state index in [0.29, 0.717) is 11.0 Å². The van der Waals surface area contributed by atoms with Crippen LogP contribution in [0.3, 0.4) is 0 Å². The van der Waals surface area contributed by atoms with Crippen LogP contribution in [0.5, 0.6) is 0 Å². The Morgan fingerprint density at radius 2 is 1.76 bits per heavy atom. The molecule has 6 rings (SSSR count). The van der Waals surface area contributed by atoms with Gasteiger partial charge in [0.15, 0.2) is 0 Å². The zero-order valence-corrected chi connectivity index (χ0v) is 21.1. The Kier molecular flexibility index (Phi) is 6.01. The van der Waals surface area contributed by atoms with Crippen molar-refractivity contribution in [2.24, 2.45) is 0 Å². The Bertz CT molecular complexity index is 1730. The number of urea groups is 1. The number of halogens is 6. The van der Waals surface area contributed by atoms with Crippen LogP contribution in [0.4, 0.5) is 38.1 Å². The van der Waals surface area contributed by atoms with Crippen molar-refractivity contribution >= 4 is 34.9 Å². The first kappa shape index (κ1) is 26.7. The fourth-order valence-electron chi connectivity index (χ4n) is 5.04. The topological polar surface area (TPSA) is 112 Å². The van der Waals surface area contributed by atoms with E-state index < -0.39 is 53.5 Å². The van der Waals surface area contributed by atoms with Crippen molar-refractivity contribution in [3.63, 3.8) is 0 Å². The molecule has 0 bridgehead atoms. The van der Waals surface area contributed by atoms with Crippen molar-refractivity contribution in [1.82, 2.24) is 20.3 Å². The van der Waals surface area contributed by atoms with Gasteiger partial charge < -0.3 is 15.7 Å². The number of aromatic nitrogens is 3. The number of fused-ring (bicyclic) bond motifs is 2. The summed E-state index contributed by atoms with van der Waals surface area (Å²) in [5.41, 5.74) is -4.25. The maximum absolute atomic E-state index is 14.2. The number of benzene rings is 3. The molecule has 1 aromatic heterocycles. The van der Waals surface area contributed by atoms with Crippen LogP contribution in [-0.2, 0) is 5.60 Å². The molecule has 0 unspecified atom stereocenters. The van der Waals surface area contributed by atoms with Gasteiger partial charge in [0.25, 0.3) is 5.91 Å². The molecule has 0 radical (unpaired) electrons. The van der Waals surface area contributed by atoms with Crippen molar-refractivity contribution in [2.75, 3.05) is 16.8 Å².